The third-order valence-corrected chi connectivity index (χ3v) is 12.0. The van der Waals surface area contributed by atoms with Gasteiger partial charge in [-0.2, -0.15) is 0 Å². The fraction of sp³-hybridized carbons (Fsp3) is 0. The summed E-state index contributed by atoms with van der Waals surface area (Å²) in [7, 11) is 0. The van der Waals surface area contributed by atoms with Crippen molar-refractivity contribution in [2.45, 2.75) is 0 Å². The maximum Gasteiger partial charge on any atom is 0.159 e. The summed E-state index contributed by atoms with van der Waals surface area (Å²) in [6, 6.07) is 63.6. The fourth-order valence-electron chi connectivity index (χ4n) is 9.61. The first-order chi connectivity index (χ1) is 28.3. The molecule has 264 valence electrons. The molecule has 0 aliphatic carbocycles. The van der Waals surface area contributed by atoms with Gasteiger partial charge in [-0.05, 0) is 89.0 Å². The molecule has 0 aliphatic rings. The lowest BCUT2D eigenvalue weighted by Gasteiger charge is -2.12. The van der Waals surface area contributed by atoms with E-state index >= 15 is 0 Å². The van der Waals surface area contributed by atoms with Crippen LogP contribution >= 0.6 is 0 Å². The molecule has 5 aromatic heterocycles. The van der Waals surface area contributed by atoms with Gasteiger partial charge in [0, 0.05) is 37.9 Å². The zero-order chi connectivity index (χ0) is 37.2. The number of aromatic nitrogens is 5. The van der Waals surface area contributed by atoms with Crippen LogP contribution in [0.1, 0.15) is 0 Å². The molecule has 0 saturated carbocycles. The zero-order valence-corrected chi connectivity index (χ0v) is 30.6. The highest BCUT2D eigenvalue weighted by molar-refractivity contribution is 6.26. The first kappa shape index (κ1) is 30.6. The lowest BCUT2D eigenvalue weighted by molar-refractivity contribution is 1.08. The van der Waals surface area contributed by atoms with E-state index < -0.39 is 0 Å². The van der Waals surface area contributed by atoms with Crippen molar-refractivity contribution in [2.75, 3.05) is 0 Å². The third-order valence-electron chi connectivity index (χ3n) is 12.0. The molecule has 13 rings (SSSR count). The van der Waals surface area contributed by atoms with Crippen LogP contribution in [0.25, 0.3) is 116 Å². The summed E-state index contributed by atoms with van der Waals surface area (Å²) in [5.41, 5.74) is 15.8. The van der Waals surface area contributed by atoms with Crippen LogP contribution in [-0.4, -0.2) is 23.3 Å². The largest absolute Gasteiger partial charge is 0.308 e. The average Bonchev–Trinajstić information content (AvgIpc) is 3.92. The van der Waals surface area contributed by atoms with E-state index in [-0.39, 0.29) is 0 Å². The number of hydrogen-bond donors (Lipinski definition) is 0. The molecule has 0 unspecified atom stereocenters. The summed E-state index contributed by atoms with van der Waals surface area (Å²) in [6.07, 6.45) is 3.97. The van der Waals surface area contributed by atoms with Crippen molar-refractivity contribution < 1.29 is 0 Å². The van der Waals surface area contributed by atoms with Crippen LogP contribution in [0.5, 0.6) is 0 Å². The molecular formula is C52H31N5. The Hall–Kier alpha value is -7.76. The van der Waals surface area contributed by atoms with E-state index in [9.17, 15) is 0 Å². The zero-order valence-electron chi connectivity index (χ0n) is 30.6. The van der Waals surface area contributed by atoms with Crippen molar-refractivity contribution in [2.24, 2.45) is 0 Å². The minimum absolute atomic E-state index is 0.686. The Bertz CT molecular complexity index is 3510. The van der Waals surface area contributed by atoms with E-state index in [0.717, 1.165) is 55.6 Å². The van der Waals surface area contributed by atoms with E-state index in [1.54, 1.807) is 0 Å². The average molecular weight is 726 g/mol. The van der Waals surface area contributed by atoms with Crippen LogP contribution in [0, 0.1) is 0 Å². The lowest BCUT2D eigenvalue weighted by Crippen LogP contribution is -1.98. The molecule has 2 bridgehead atoms. The van der Waals surface area contributed by atoms with Gasteiger partial charge in [-0.3, -0.25) is 0 Å². The van der Waals surface area contributed by atoms with Gasteiger partial charge in [0.1, 0.15) is 0 Å². The predicted octanol–water partition coefficient (Wildman–Crippen LogP) is 13.1. The second-order valence-corrected chi connectivity index (χ2v) is 15.1. The summed E-state index contributed by atoms with van der Waals surface area (Å²) in [5.74, 6) is 0.686. The Labute approximate surface area is 326 Å². The molecule has 13 aromatic rings. The van der Waals surface area contributed by atoms with Crippen LogP contribution in [0.4, 0.5) is 0 Å². The molecular weight excluding hydrogens is 695 g/mol. The molecule has 0 aliphatic heterocycles. The number of hydrogen-bond acceptors (Lipinski definition) is 2. The van der Waals surface area contributed by atoms with E-state index in [1.165, 1.54) is 54.4 Å². The van der Waals surface area contributed by atoms with Gasteiger partial charge in [-0.1, -0.05) is 109 Å². The summed E-state index contributed by atoms with van der Waals surface area (Å²) in [5, 5.41) is 7.43. The van der Waals surface area contributed by atoms with E-state index in [0.29, 0.717) is 5.82 Å². The number of nitrogens with zero attached hydrogens (tertiary/aromatic N) is 5. The lowest BCUT2D eigenvalue weighted by atomic mass is 9.96. The molecule has 57 heavy (non-hydrogen) atoms. The van der Waals surface area contributed by atoms with Crippen LogP contribution < -0.4 is 0 Å². The molecule has 0 atom stereocenters. The van der Waals surface area contributed by atoms with Crippen LogP contribution in [-0.2, 0) is 0 Å². The number of para-hydroxylation sites is 2. The number of fused-ring (bicyclic) bond motifs is 8. The monoisotopic (exact) mass is 725 g/mol. The highest BCUT2D eigenvalue weighted by Crippen LogP contribution is 2.43. The third kappa shape index (κ3) is 4.23. The van der Waals surface area contributed by atoms with Crippen molar-refractivity contribution in [3.05, 3.63) is 188 Å². The maximum absolute atomic E-state index is 5.11. The molecule has 0 amide bonds. The smallest absolute Gasteiger partial charge is 0.159 e. The molecule has 5 heteroatoms. The van der Waals surface area contributed by atoms with E-state index in [1.807, 2.05) is 12.4 Å². The van der Waals surface area contributed by atoms with Crippen LogP contribution in [0.3, 0.4) is 0 Å². The van der Waals surface area contributed by atoms with Gasteiger partial charge in [0.15, 0.2) is 5.82 Å². The molecule has 0 radical (unpaired) electrons. The molecule has 0 spiro atoms. The van der Waals surface area contributed by atoms with Gasteiger partial charge in [0.2, 0.25) is 0 Å². The van der Waals surface area contributed by atoms with E-state index in [4.69, 9.17) is 9.97 Å². The van der Waals surface area contributed by atoms with Crippen molar-refractivity contribution in [3.63, 3.8) is 0 Å². The Kier molecular flexibility index (Phi) is 6.10. The van der Waals surface area contributed by atoms with Gasteiger partial charge in [-0.25, -0.2) is 9.97 Å². The van der Waals surface area contributed by atoms with Gasteiger partial charge in [0.05, 0.1) is 62.2 Å². The van der Waals surface area contributed by atoms with Gasteiger partial charge < -0.3 is 13.4 Å². The Morgan fingerprint density at radius 3 is 1.26 bits per heavy atom. The first-order valence-corrected chi connectivity index (χ1v) is 19.4. The fourth-order valence-corrected chi connectivity index (χ4v) is 9.61. The molecule has 0 saturated heterocycles. The highest BCUT2D eigenvalue weighted by Gasteiger charge is 2.22. The second kappa shape index (κ2) is 11.4. The predicted molar refractivity (Wildman–Crippen MR) is 236 cm³/mol. The Morgan fingerprint density at radius 1 is 0.298 bits per heavy atom. The minimum Gasteiger partial charge on any atom is -0.308 e. The summed E-state index contributed by atoms with van der Waals surface area (Å²) >= 11 is 0. The second-order valence-electron chi connectivity index (χ2n) is 15.1. The minimum atomic E-state index is 0.686. The standard InChI is InChI=1S/C52H31N5/c1-3-13-32(14-4-1)34-25-35(33-15-5-2-6-16-33)27-36(26-34)52-53-30-37(31-54-52)55-44-21-11-23-46-50(44)51-45(55)22-12-24-47(51)57-43-20-10-8-18-39(43)41-28-40-38-17-7-9-19-42(38)56(46)48(40)29-49(41)57/h1-31H. The van der Waals surface area contributed by atoms with Crippen molar-refractivity contribution in [1.82, 2.24) is 23.3 Å². The van der Waals surface area contributed by atoms with Crippen molar-refractivity contribution in [1.29, 1.82) is 0 Å². The van der Waals surface area contributed by atoms with E-state index in [2.05, 4.69) is 189 Å². The number of benzene rings is 8. The van der Waals surface area contributed by atoms with Crippen molar-refractivity contribution in [3.8, 4) is 39.3 Å². The normalized spacial score (nSPS) is 12.2. The molecule has 5 heterocycles. The topological polar surface area (TPSA) is 39.5 Å². The van der Waals surface area contributed by atoms with Gasteiger partial charge in [0.25, 0.3) is 0 Å². The summed E-state index contributed by atoms with van der Waals surface area (Å²) < 4.78 is 7.30. The van der Waals surface area contributed by atoms with Crippen LogP contribution in [0.15, 0.2) is 188 Å². The Balaban J connectivity index is 1.11. The molecule has 0 fully saturated rings. The maximum atomic E-state index is 5.11. The number of rotatable bonds is 4. The van der Waals surface area contributed by atoms with Gasteiger partial charge >= 0.3 is 0 Å². The first-order valence-electron chi connectivity index (χ1n) is 19.4. The van der Waals surface area contributed by atoms with Crippen LogP contribution in [0.2, 0.25) is 0 Å². The summed E-state index contributed by atoms with van der Waals surface area (Å²) in [6.45, 7) is 0. The SMILES string of the molecule is c1ccc(-c2cc(-c3ccccc3)cc(-c3ncc(-n4c5cccc6c5c5c4cccc5n4c5ccccc5c5cc7c8ccccc8n6c7cc54)cn3)c2)cc1. The quantitative estimate of drug-likeness (QED) is 0.181. The highest BCUT2D eigenvalue weighted by atomic mass is 15.0. The summed E-state index contributed by atoms with van der Waals surface area (Å²) in [4.78, 5) is 10.2. The van der Waals surface area contributed by atoms with Crippen molar-refractivity contribution >= 4 is 76.5 Å². The van der Waals surface area contributed by atoms with Gasteiger partial charge in [-0.15, -0.1) is 0 Å². The molecule has 5 nitrogen and oxygen atoms in total. The molecule has 0 N–H and O–H groups in total. The molecule has 8 aromatic carbocycles. The Morgan fingerprint density at radius 2 is 0.737 bits per heavy atom.